The van der Waals surface area contributed by atoms with Crippen molar-refractivity contribution in [3.8, 4) is 0 Å². The van der Waals surface area contributed by atoms with Crippen molar-refractivity contribution in [2.75, 3.05) is 12.4 Å². The monoisotopic (exact) mass is 366 g/mol. The van der Waals surface area contributed by atoms with E-state index in [2.05, 4.69) is 5.32 Å². The number of carbonyl (C=O) groups is 4. The highest BCUT2D eigenvalue weighted by atomic mass is 32.2. The van der Waals surface area contributed by atoms with Crippen molar-refractivity contribution in [3.63, 3.8) is 0 Å². The highest BCUT2D eigenvalue weighted by Gasteiger charge is 2.54. The third-order valence-electron chi connectivity index (χ3n) is 3.73. The van der Waals surface area contributed by atoms with Gasteiger partial charge in [0.15, 0.2) is 5.76 Å². The Morgan fingerprint density at radius 3 is 2.84 bits per heavy atom. The average molecular weight is 366 g/mol. The van der Waals surface area contributed by atoms with Gasteiger partial charge in [-0.2, -0.15) is 0 Å². The van der Waals surface area contributed by atoms with Gasteiger partial charge in [-0.25, -0.2) is 4.79 Å². The maximum absolute atomic E-state index is 12.4. The molecule has 132 valence electrons. The van der Waals surface area contributed by atoms with Crippen LogP contribution in [-0.2, 0) is 19.1 Å². The minimum atomic E-state index is -1.28. The molecule has 9 nitrogen and oxygen atoms in total. The second-order valence-electron chi connectivity index (χ2n) is 5.38. The zero-order chi connectivity index (χ0) is 18.1. The number of furan rings is 1. The summed E-state index contributed by atoms with van der Waals surface area (Å²) >= 11 is 1.29. The van der Waals surface area contributed by atoms with Gasteiger partial charge in [0.1, 0.15) is 23.7 Å². The zero-order valence-corrected chi connectivity index (χ0v) is 13.9. The number of carboxylic acid groups (broad SMARTS) is 1. The Morgan fingerprint density at radius 2 is 2.24 bits per heavy atom. The van der Waals surface area contributed by atoms with Crippen LogP contribution in [0.1, 0.15) is 17.5 Å². The number of ether oxygens (including phenoxy) is 1. The predicted molar refractivity (Wildman–Crippen MR) is 84.3 cm³/mol. The fraction of sp³-hybridized carbons (Fsp3) is 0.333. The van der Waals surface area contributed by atoms with Crippen LogP contribution < -0.4 is 5.32 Å². The highest BCUT2D eigenvalue weighted by molar-refractivity contribution is 8.00. The number of fused-ring (bicyclic) bond motifs is 1. The first-order valence-corrected chi connectivity index (χ1v) is 8.32. The van der Waals surface area contributed by atoms with Gasteiger partial charge in [-0.05, 0) is 12.1 Å². The van der Waals surface area contributed by atoms with E-state index in [1.54, 1.807) is 6.07 Å². The van der Waals surface area contributed by atoms with Crippen LogP contribution in [0.5, 0.6) is 0 Å². The molecule has 0 spiro atoms. The molecule has 1 aromatic rings. The fourth-order valence-electron chi connectivity index (χ4n) is 2.60. The molecule has 2 N–H and O–H groups in total. The van der Waals surface area contributed by atoms with Crippen molar-refractivity contribution in [1.29, 1.82) is 0 Å². The maximum atomic E-state index is 12.4. The quantitative estimate of drug-likeness (QED) is 0.559. The lowest BCUT2D eigenvalue weighted by atomic mass is 10.0. The van der Waals surface area contributed by atoms with Crippen LogP contribution in [0.4, 0.5) is 0 Å². The van der Waals surface area contributed by atoms with Gasteiger partial charge in [-0.15, -0.1) is 11.8 Å². The van der Waals surface area contributed by atoms with Crippen molar-refractivity contribution in [3.05, 3.63) is 35.4 Å². The second kappa shape index (κ2) is 6.63. The molecule has 0 aromatic carbocycles. The van der Waals surface area contributed by atoms with Gasteiger partial charge in [-0.3, -0.25) is 19.3 Å². The molecular weight excluding hydrogens is 352 g/mol. The van der Waals surface area contributed by atoms with Crippen LogP contribution in [0, 0.1) is 0 Å². The van der Waals surface area contributed by atoms with Gasteiger partial charge in [0, 0.05) is 18.2 Å². The van der Waals surface area contributed by atoms with E-state index in [0.29, 0.717) is 5.57 Å². The normalized spacial score (nSPS) is 22.1. The summed E-state index contributed by atoms with van der Waals surface area (Å²) in [6.45, 7) is 1.03. The molecule has 2 atom stereocenters. The largest absolute Gasteiger partial charge is 0.477 e. The first-order chi connectivity index (χ1) is 11.9. The summed E-state index contributed by atoms with van der Waals surface area (Å²) in [5.41, 5.74) is 0.145. The number of carboxylic acids is 1. The number of hydrogen-bond donors (Lipinski definition) is 2. The van der Waals surface area contributed by atoms with Crippen LogP contribution in [0.2, 0.25) is 0 Å². The summed E-state index contributed by atoms with van der Waals surface area (Å²) in [5, 5.41) is 11.4. The van der Waals surface area contributed by atoms with E-state index in [4.69, 9.17) is 9.15 Å². The minimum absolute atomic E-state index is 0.0663. The Kier molecular flexibility index (Phi) is 4.53. The minimum Gasteiger partial charge on any atom is -0.477 e. The third-order valence-corrected chi connectivity index (χ3v) is 5.07. The van der Waals surface area contributed by atoms with Gasteiger partial charge < -0.3 is 19.6 Å². The standard InChI is InChI=1S/C15H14N2O7S/c1-7(18)24-5-8-6-25-14-10(13(20)17(14)11(8)15(21)22)16-12(19)9-3-2-4-23-9/h2-4,10,14H,5-6H2,1H3,(H,16,19)(H,21,22)/t10-,14-/m1/s1. The summed E-state index contributed by atoms with van der Waals surface area (Å²) in [6.07, 6.45) is 1.34. The maximum Gasteiger partial charge on any atom is 0.352 e. The Balaban J connectivity index is 1.76. The summed E-state index contributed by atoms with van der Waals surface area (Å²) in [5.74, 6) is -2.56. The van der Waals surface area contributed by atoms with Crippen molar-refractivity contribution in [2.24, 2.45) is 0 Å². The van der Waals surface area contributed by atoms with Crippen molar-refractivity contribution in [1.82, 2.24) is 10.2 Å². The van der Waals surface area contributed by atoms with E-state index in [-0.39, 0.29) is 23.8 Å². The number of rotatable bonds is 5. The van der Waals surface area contributed by atoms with E-state index in [1.165, 1.54) is 31.0 Å². The van der Waals surface area contributed by atoms with Crippen LogP contribution in [-0.4, -0.2) is 57.5 Å². The number of carbonyl (C=O) groups excluding carboxylic acids is 3. The van der Waals surface area contributed by atoms with E-state index >= 15 is 0 Å². The Hall–Kier alpha value is -2.75. The van der Waals surface area contributed by atoms with Crippen molar-refractivity contribution in [2.45, 2.75) is 18.3 Å². The van der Waals surface area contributed by atoms with E-state index in [0.717, 1.165) is 4.90 Å². The number of amides is 2. The number of hydrogen-bond acceptors (Lipinski definition) is 7. The van der Waals surface area contributed by atoms with Crippen LogP contribution >= 0.6 is 11.8 Å². The molecule has 3 heterocycles. The number of nitrogens with zero attached hydrogens (tertiary/aromatic N) is 1. The molecule has 0 aliphatic carbocycles. The highest BCUT2D eigenvalue weighted by Crippen LogP contribution is 2.40. The number of thioether (sulfide) groups is 1. The van der Waals surface area contributed by atoms with Gasteiger partial charge in [0.25, 0.3) is 11.8 Å². The average Bonchev–Trinajstić information content (AvgIpc) is 3.11. The smallest absolute Gasteiger partial charge is 0.352 e. The van der Waals surface area contributed by atoms with Gasteiger partial charge in [-0.1, -0.05) is 0 Å². The third kappa shape index (κ3) is 3.12. The molecule has 1 fully saturated rings. The molecule has 25 heavy (non-hydrogen) atoms. The van der Waals surface area contributed by atoms with Crippen LogP contribution in [0.25, 0.3) is 0 Å². The summed E-state index contributed by atoms with van der Waals surface area (Å²) < 4.78 is 9.82. The second-order valence-corrected chi connectivity index (χ2v) is 6.48. The van der Waals surface area contributed by atoms with E-state index in [1.807, 2.05) is 0 Å². The summed E-state index contributed by atoms with van der Waals surface area (Å²) in [7, 11) is 0. The molecule has 0 saturated carbocycles. The SMILES string of the molecule is CC(=O)OCC1=C(C(=O)O)N2C(=O)[C@@H](NC(=O)c3ccco3)[C@H]2SC1. The van der Waals surface area contributed by atoms with Crippen LogP contribution in [0.15, 0.2) is 34.1 Å². The Labute approximate surface area is 146 Å². The molecule has 0 radical (unpaired) electrons. The molecule has 0 bridgehead atoms. The lowest BCUT2D eigenvalue weighted by molar-refractivity contribution is -0.149. The molecule has 10 heteroatoms. The lowest BCUT2D eigenvalue weighted by Gasteiger charge is -2.49. The molecular formula is C15H14N2O7S. The Morgan fingerprint density at radius 1 is 1.48 bits per heavy atom. The first kappa shape index (κ1) is 17.1. The molecule has 2 amide bonds. The lowest BCUT2D eigenvalue weighted by Crippen LogP contribution is -2.70. The fourth-order valence-corrected chi connectivity index (χ4v) is 3.93. The number of esters is 1. The van der Waals surface area contributed by atoms with E-state index < -0.39 is 35.2 Å². The molecule has 1 saturated heterocycles. The molecule has 2 aliphatic rings. The van der Waals surface area contributed by atoms with Crippen molar-refractivity contribution >= 4 is 35.5 Å². The topological polar surface area (TPSA) is 126 Å². The van der Waals surface area contributed by atoms with Gasteiger partial charge >= 0.3 is 11.9 Å². The van der Waals surface area contributed by atoms with Crippen molar-refractivity contribution < 1.29 is 33.4 Å². The van der Waals surface area contributed by atoms with Crippen LogP contribution in [0.3, 0.4) is 0 Å². The Bertz CT molecular complexity index is 771. The predicted octanol–water partition coefficient (Wildman–Crippen LogP) is 0.195. The molecule has 3 rings (SSSR count). The number of nitrogens with one attached hydrogen (secondary N) is 1. The molecule has 0 unspecified atom stereocenters. The zero-order valence-electron chi connectivity index (χ0n) is 13.1. The van der Waals surface area contributed by atoms with E-state index in [9.17, 15) is 24.3 Å². The molecule has 1 aromatic heterocycles. The first-order valence-electron chi connectivity index (χ1n) is 7.28. The molecule has 2 aliphatic heterocycles. The summed E-state index contributed by atoms with van der Waals surface area (Å²) in [4.78, 5) is 48.0. The summed E-state index contributed by atoms with van der Waals surface area (Å²) in [6, 6.07) is 2.17. The number of β-lactam (4-membered cyclic amide) rings is 1. The van der Waals surface area contributed by atoms with Gasteiger partial charge in [0.2, 0.25) is 0 Å². The number of aliphatic carboxylic acids is 1. The van der Waals surface area contributed by atoms with Gasteiger partial charge in [0.05, 0.1) is 6.26 Å².